The number of allylic oxidation sites excluding steroid dienone is 4. The van der Waals surface area contributed by atoms with Crippen molar-refractivity contribution in [3.63, 3.8) is 0 Å². The summed E-state index contributed by atoms with van der Waals surface area (Å²) in [4.78, 5) is 37.8. The van der Waals surface area contributed by atoms with Gasteiger partial charge in [-0.3, -0.25) is 14.4 Å². The van der Waals surface area contributed by atoms with E-state index in [1.807, 2.05) is 0 Å². The van der Waals surface area contributed by atoms with E-state index < -0.39 is 6.10 Å². The van der Waals surface area contributed by atoms with Gasteiger partial charge in [0.05, 0.1) is 0 Å². The van der Waals surface area contributed by atoms with Gasteiger partial charge in [0.15, 0.2) is 6.10 Å². The Balaban J connectivity index is 4.34. The van der Waals surface area contributed by atoms with Gasteiger partial charge in [-0.15, -0.1) is 0 Å². The molecule has 57 heavy (non-hydrogen) atoms. The van der Waals surface area contributed by atoms with E-state index in [4.69, 9.17) is 14.2 Å². The maximum absolute atomic E-state index is 12.7. The lowest BCUT2D eigenvalue weighted by molar-refractivity contribution is -0.167. The third-order valence-corrected chi connectivity index (χ3v) is 10.9. The Labute approximate surface area is 353 Å². The molecule has 0 aromatic heterocycles. The number of esters is 3. The predicted octanol–water partition coefficient (Wildman–Crippen LogP) is 16.0. The molecule has 0 aliphatic rings. The third-order valence-electron chi connectivity index (χ3n) is 10.9. The first kappa shape index (κ1) is 54.9. The highest BCUT2D eigenvalue weighted by Gasteiger charge is 2.19. The highest BCUT2D eigenvalue weighted by atomic mass is 16.6. The molecule has 1 unspecified atom stereocenters. The molecule has 0 aromatic rings. The normalized spacial score (nSPS) is 12.1. The fraction of sp³-hybridized carbons (Fsp3) is 0.863. The lowest BCUT2D eigenvalue weighted by Gasteiger charge is -2.18. The first-order chi connectivity index (χ1) is 28.0. The quantitative estimate of drug-likeness (QED) is 0.0264. The first-order valence-electron chi connectivity index (χ1n) is 24.8. The maximum atomic E-state index is 12.7. The molecule has 0 saturated heterocycles. The van der Waals surface area contributed by atoms with Crippen LogP contribution in [0, 0.1) is 0 Å². The first-order valence-corrected chi connectivity index (χ1v) is 24.8. The summed E-state index contributed by atoms with van der Waals surface area (Å²) in [6.07, 6.45) is 51.6. The van der Waals surface area contributed by atoms with E-state index in [2.05, 4.69) is 45.1 Å². The van der Waals surface area contributed by atoms with E-state index >= 15 is 0 Å². The van der Waals surface area contributed by atoms with Crippen molar-refractivity contribution in [2.75, 3.05) is 13.2 Å². The summed E-state index contributed by atoms with van der Waals surface area (Å²) in [5, 5.41) is 0. The van der Waals surface area contributed by atoms with Gasteiger partial charge in [0, 0.05) is 19.3 Å². The van der Waals surface area contributed by atoms with Crippen LogP contribution >= 0.6 is 0 Å². The predicted molar refractivity (Wildman–Crippen MR) is 243 cm³/mol. The summed E-state index contributed by atoms with van der Waals surface area (Å²) in [7, 11) is 0. The summed E-state index contributed by atoms with van der Waals surface area (Å²) in [6.45, 7) is 6.61. The maximum Gasteiger partial charge on any atom is 0.306 e. The van der Waals surface area contributed by atoms with Gasteiger partial charge in [-0.05, 0) is 70.6 Å². The number of rotatable bonds is 45. The number of unbranched alkanes of at least 4 members (excludes halogenated alkanes) is 30. The van der Waals surface area contributed by atoms with Gasteiger partial charge in [-0.2, -0.15) is 0 Å². The largest absolute Gasteiger partial charge is 0.462 e. The Kier molecular flexibility index (Phi) is 44.9. The number of hydrogen-bond acceptors (Lipinski definition) is 6. The van der Waals surface area contributed by atoms with Crippen LogP contribution < -0.4 is 0 Å². The van der Waals surface area contributed by atoms with E-state index in [1.54, 1.807) is 0 Å². The van der Waals surface area contributed by atoms with Crippen LogP contribution in [0.25, 0.3) is 0 Å². The number of carbonyl (C=O) groups excluding carboxylic acids is 3. The molecule has 0 amide bonds. The van der Waals surface area contributed by atoms with Crippen molar-refractivity contribution in [1.82, 2.24) is 0 Å². The Morgan fingerprint density at radius 3 is 0.895 bits per heavy atom. The zero-order valence-corrected chi connectivity index (χ0v) is 38.1. The molecule has 0 rings (SSSR count). The van der Waals surface area contributed by atoms with Gasteiger partial charge >= 0.3 is 17.9 Å². The molecule has 6 heteroatoms. The smallest absolute Gasteiger partial charge is 0.306 e. The van der Waals surface area contributed by atoms with Crippen molar-refractivity contribution < 1.29 is 28.6 Å². The van der Waals surface area contributed by atoms with E-state index in [-0.39, 0.29) is 31.1 Å². The molecule has 0 bridgehead atoms. The molecule has 0 N–H and O–H groups in total. The van der Waals surface area contributed by atoms with Crippen LogP contribution in [0.5, 0.6) is 0 Å². The van der Waals surface area contributed by atoms with E-state index in [9.17, 15) is 14.4 Å². The van der Waals surface area contributed by atoms with Gasteiger partial charge in [-0.25, -0.2) is 0 Å². The summed E-state index contributed by atoms with van der Waals surface area (Å²) in [5.74, 6) is -0.896. The summed E-state index contributed by atoms with van der Waals surface area (Å²) < 4.78 is 16.7. The fourth-order valence-corrected chi connectivity index (χ4v) is 7.14. The van der Waals surface area contributed by atoms with E-state index in [0.717, 1.165) is 77.0 Å². The SMILES string of the molecule is CCCCCCCCC/C=C\CCCCCCCC(=O)OCC(COC(=O)CCCCCCCCCCC)OC(=O)CCCCC/C=C\CCCCCCCCC. The molecule has 6 nitrogen and oxygen atoms in total. The highest BCUT2D eigenvalue weighted by molar-refractivity contribution is 5.71. The van der Waals surface area contributed by atoms with Crippen molar-refractivity contribution in [2.24, 2.45) is 0 Å². The minimum absolute atomic E-state index is 0.0771. The molecule has 1 atom stereocenters. The van der Waals surface area contributed by atoms with Crippen LogP contribution in [-0.2, 0) is 28.6 Å². The van der Waals surface area contributed by atoms with E-state index in [1.165, 1.54) is 148 Å². The third kappa shape index (κ3) is 44.8. The molecule has 0 saturated carbocycles. The average molecular weight is 803 g/mol. The lowest BCUT2D eigenvalue weighted by Crippen LogP contribution is -2.30. The molecule has 0 heterocycles. The highest BCUT2D eigenvalue weighted by Crippen LogP contribution is 2.14. The lowest BCUT2D eigenvalue weighted by atomic mass is 10.1. The molecule has 0 radical (unpaired) electrons. The van der Waals surface area contributed by atoms with Gasteiger partial charge in [-0.1, -0.05) is 199 Å². The Morgan fingerprint density at radius 2 is 0.579 bits per heavy atom. The second kappa shape index (κ2) is 46.6. The summed E-state index contributed by atoms with van der Waals surface area (Å²) in [6, 6.07) is 0. The van der Waals surface area contributed by atoms with Crippen molar-refractivity contribution in [3.8, 4) is 0 Å². The number of hydrogen-bond donors (Lipinski definition) is 0. The molecule has 0 aliphatic carbocycles. The number of carbonyl (C=O) groups is 3. The van der Waals surface area contributed by atoms with Crippen LogP contribution in [-0.4, -0.2) is 37.2 Å². The molecular formula is C51H94O6. The van der Waals surface area contributed by atoms with Crippen LogP contribution in [0.2, 0.25) is 0 Å². The zero-order chi connectivity index (χ0) is 41.5. The standard InChI is InChI=1S/C51H94O6/c1-4-7-10-13-16-19-21-23-25-26-28-29-32-35-38-41-44-50(53)56-47-48(46-55-49(52)43-40-37-34-31-18-15-12-9-6-3)57-51(54)45-42-39-36-33-30-27-24-22-20-17-14-11-8-5-2/h25-27,30,48H,4-24,28-29,31-47H2,1-3H3/b26-25-,30-27-. The van der Waals surface area contributed by atoms with Gasteiger partial charge in [0.1, 0.15) is 13.2 Å². The average Bonchev–Trinajstić information content (AvgIpc) is 3.21. The van der Waals surface area contributed by atoms with Gasteiger partial charge < -0.3 is 14.2 Å². The van der Waals surface area contributed by atoms with Crippen molar-refractivity contribution >= 4 is 17.9 Å². The Hall–Kier alpha value is -2.11. The monoisotopic (exact) mass is 803 g/mol. The molecular weight excluding hydrogens is 709 g/mol. The van der Waals surface area contributed by atoms with Crippen molar-refractivity contribution in [3.05, 3.63) is 24.3 Å². The van der Waals surface area contributed by atoms with Crippen LogP contribution in [0.15, 0.2) is 24.3 Å². The Bertz CT molecular complexity index is 927. The van der Waals surface area contributed by atoms with Gasteiger partial charge in [0.2, 0.25) is 0 Å². The molecule has 0 aromatic carbocycles. The molecule has 0 spiro atoms. The summed E-state index contributed by atoms with van der Waals surface area (Å²) in [5.41, 5.74) is 0. The zero-order valence-electron chi connectivity index (χ0n) is 38.1. The summed E-state index contributed by atoms with van der Waals surface area (Å²) >= 11 is 0. The number of ether oxygens (including phenoxy) is 3. The molecule has 334 valence electrons. The van der Waals surface area contributed by atoms with Gasteiger partial charge in [0.25, 0.3) is 0 Å². The van der Waals surface area contributed by atoms with Crippen molar-refractivity contribution in [2.45, 2.75) is 271 Å². The van der Waals surface area contributed by atoms with Crippen LogP contribution in [0.1, 0.15) is 265 Å². The minimum Gasteiger partial charge on any atom is -0.462 e. The Morgan fingerprint density at radius 1 is 0.333 bits per heavy atom. The fourth-order valence-electron chi connectivity index (χ4n) is 7.14. The van der Waals surface area contributed by atoms with Crippen LogP contribution in [0.3, 0.4) is 0 Å². The van der Waals surface area contributed by atoms with Crippen molar-refractivity contribution in [1.29, 1.82) is 0 Å². The molecule has 0 fully saturated rings. The minimum atomic E-state index is -0.776. The molecule has 0 aliphatic heterocycles. The topological polar surface area (TPSA) is 78.9 Å². The van der Waals surface area contributed by atoms with Crippen LogP contribution in [0.4, 0.5) is 0 Å². The second-order valence-corrected chi connectivity index (χ2v) is 16.7. The van der Waals surface area contributed by atoms with E-state index in [0.29, 0.717) is 19.3 Å². The second-order valence-electron chi connectivity index (χ2n) is 16.7.